The highest BCUT2D eigenvalue weighted by Crippen LogP contribution is 2.17. The van der Waals surface area contributed by atoms with Crippen LogP contribution in [0.25, 0.3) is 6.08 Å². The van der Waals surface area contributed by atoms with Gasteiger partial charge in [-0.2, -0.15) is 0 Å². The standard InChI is InChI=1S/C18H16INO4/c1-12(21)20-17(18(22)23)10-14-3-2-4-16(9-14)24-11-13-5-7-15(19)8-6-13/h2-10H,11H2,1H3,(H,20,21)(H,22,23)/b17-10+. The van der Waals surface area contributed by atoms with Crippen molar-refractivity contribution in [3.05, 3.63) is 68.9 Å². The van der Waals surface area contributed by atoms with Gasteiger partial charge < -0.3 is 15.2 Å². The normalized spacial score (nSPS) is 11.0. The molecule has 0 radical (unpaired) electrons. The Kier molecular flexibility index (Phi) is 6.36. The lowest BCUT2D eigenvalue weighted by molar-refractivity contribution is -0.134. The van der Waals surface area contributed by atoms with Crippen molar-refractivity contribution >= 4 is 40.5 Å². The van der Waals surface area contributed by atoms with Crippen LogP contribution in [0.2, 0.25) is 0 Å². The Morgan fingerprint density at radius 3 is 2.54 bits per heavy atom. The van der Waals surface area contributed by atoms with E-state index in [0.717, 1.165) is 9.13 Å². The highest BCUT2D eigenvalue weighted by molar-refractivity contribution is 14.1. The summed E-state index contributed by atoms with van der Waals surface area (Å²) in [4.78, 5) is 22.2. The van der Waals surface area contributed by atoms with Crippen LogP contribution in [0.5, 0.6) is 5.75 Å². The number of benzene rings is 2. The fraction of sp³-hybridized carbons (Fsp3) is 0.111. The largest absolute Gasteiger partial charge is 0.489 e. The smallest absolute Gasteiger partial charge is 0.352 e. The van der Waals surface area contributed by atoms with Crippen LogP contribution in [-0.4, -0.2) is 17.0 Å². The zero-order chi connectivity index (χ0) is 17.5. The molecule has 5 nitrogen and oxygen atoms in total. The van der Waals surface area contributed by atoms with Crippen molar-refractivity contribution in [1.82, 2.24) is 5.32 Å². The molecule has 0 heterocycles. The molecule has 0 aliphatic rings. The van der Waals surface area contributed by atoms with E-state index in [1.165, 1.54) is 13.0 Å². The van der Waals surface area contributed by atoms with E-state index in [4.69, 9.17) is 9.84 Å². The molecule has 6 heteroatoms. The van der Waals surface area contributed by atoms with Gasteiger partial charge in [-0.3, -0.25) is 4.79 Å². The number of nitrogens with one attached hydrogen (secondary N) is 1. The minimum absolute atomic E-state index is 0.183. The first-order valence-electron chi connectivity index (χ1n) is 7.14. The number of hydrogen-bond donors (Lipinski definition) is 2. The molecule has 2 aromatic rings. The summed E-state index contributed by atoms with van der Waals surface area (Å²) in [5.74, 6) is -1.01. The molecule has 0 saturated carbocycles. The summed E-state index contributed by atoms with van der Waals surface area (Å²) in [6.07, 6.45) is 1.39. The molecular formula is C18H16INO4. The number of carbonyl (C=O) groups is 2. The number of hydrogen-bond acceptors (Lipinski definition) is 3. The second-order valence-corrected chi connectivity index (χ2v) is 6.28. The van der Waals surface area contributed by atoms with Crippen LogP contribution in [0.15, 0.2) is 54.2 Å². The zero-order valence-corrected chi connectivity index (χ0v) is 15.1. The molecule has 0 unspecified atom stereocenters. The van der Waals surface area contributed by atoms with Gasteiger partial charge in [0, 0.05) is 10.5 Å². The lowest BCUT2D eigenvalue weighted by Gasteiger charge is -2.08. The topological polar surface area (TPSA) is 75.6 Å². The van der Waals surface area contributed by atoms with Gasteiger partial charge in [0.2, 0.25) is 5.91 Å². The lowest BCUT2D eigenvalue weighted by atomic mass is 10.1. The maximum absolute atomic E-state index is 11.1. The van der Waals surface area contributed by atoms with E-state index in [0.29, 0.717) is 17.9 Å². The summed E-state index contributed by atoms with van der Waals surface area (Å²) in [5.41, 5.74) is 1.49. The molecule has 2 aromatic carbocycles. The predicted molar refractivity (Wildman–Crippen MR) is 99.4 cm³/mol. The fourth-order valence-electron chi connectivity index (χ4n) is 1.95. The third kappa shape index (κ3) is 5.69. The molecule has 0 aliphatic heterocycles. The molecule has 0 bridgehead atoms. The van der Waals surface area contributed by atoms with E-state index in [1.54, 1.807) is 24.3 Å². The van der Waals surface area contributed by atoms with Gasteiger partial charge in [0.25, 0.3) is 0 Å². The third-order valence-electron chi connectivity index (χ3n) is 3.03. The van der Waals surface area contributed by atoms with E-state index in [-0.39, 0.29) is 5.70 Å². The van der Waals surface area contributed by atoms with Crippen molar-refractivity contribution in [2.24, 2.45) is 0 Å². The minimum Gasteiger partial charge on any atom is -0.489 e. The van der Waals surface area contributed by atoms with Crippen molar-refractivity contribution in [2.75, 3.05) is 0 Å². The number of carboxylic acid groups (broad SMARTS) is 1. The Hall–Kier alpha value is -2.35. The third-order valence-corrected chi connectivity index (χ3v) is 3.75. The van der Waals surface area contributed by atoms with Crippen LogP contribution in [0.3, 0.4) is 0 Å². The van der Waals surface area contributed by atoms with E-state index in [1.807, 2.05) is 24.3 Å². The number of ether oxygens (including phenoxy) is 1. The number of aliphatic carboxylic acids is 1. The van der Waals surface area contributed by atoms with Crippen molar-refractivity contribution < 1.29 is 19.4 Å². The monoisotopic (exact) mass is 437 g/mol. The second kappa shape index (κ2) is 8.49. The Morgan fingerprint density at radius 2 is 1.92 bits per heavy atom. The SMILES string of the molecule is CC(=O)N/C(=C/c1cccc(OCc2ccc(I)cc2)c1)C(=O)O. The van der Waals surface area contributed by atoms with Crippen LogP contribution in [0.4, 0.5) is 0 Å². The second-order valence-electron chi connectivity index (χ2n) is 5.03. The van der Waals surface area contributed by atoms with Crippen LogP contribution >= 0.6 is 22.6 Å². The van der Waals surface area contributed by atoms with Crippen molar-refractivity contribution in [3.63, 3.8) is 0 Å². The van der Waals surface area contributed by atoms with Gasteiger partial charge in [0.05, 0.1) is 0 Å². The molecule has 2 rings (SSSR count). The maximum atomic E-state index is 11.1. The summed E-state index contributed by atoms with van der Waals surface area (Å²) in [7, 11) is 0. The van der Waals surface area contributed by atoms with Crippen molar-refractivity contribution in [3.8, 4) is 5.75 Å². The van der Waals surface area contributed by atoms with Crippen LogP contribution in [0.1, 0.15) is 18.1 Å². The van der Waals surface area contributed by atoms with Gasteiger partial charge in [-0.05, 0) is 64.1 Å². The van der Waals surface area contributed by atoms with Crippen molar-refractivity contribution in [2.45, 2.75) is 13.5 Å². The molecule has 0 spiro atoms. The van der Waals surface area contributed by atoms with Gasteiger partial charge in [0.15, 0.2) is 0 Å². The van der Waals surface area contributed by atoms with E-state index in [9.17, 15) is 9.59 Å². The predicted octanol–water partition coefficient (Wildman–Crippen LogP) is 3.43. The molecule has 2 N–H and O–H groups in total. The van der Waals surface area contributed by atoms with Gasteiger partial charge in [-0.1, -0.05) is 24.3 Å². The van der Waals surface area contributed by atoms with Gasteiger partial charge in [-0.25, -0.2) is 4.79 Å². The Morgan fingerprint density at radius 1 is 1.21 bits per heavy atom. The fourth-order valence-corrected chi connectivity index (χ4v) is 2.31. The van der Waals surface area contributed by atoms with E-state index in [2.05, 4.69) is 27.9 Å². The summed E-state index contributed by atoms with van der Waals surface area (Å²) in [5, 5.41) is 11.4. The average Bonchev–Trinajstić information content (AvgIpc) is 2.53. The molecule has 0 aliphatic carbocycles. The Labute approximate surface area is 153 Å². The first-order valence-corrected chi connectivity index (χ1v) is 8.22. The zero-order valence-electron chi connectivity index (χ0n) is 13.0. The van der Waals surface area contributed by atoms with Gasteiger partial charge in [-0.15, -0.1) is 0 Å². The molecule has 0 saturated heterocycles. The maximum Gasteiger partial charge on any atom is 0.352 e. The highest BCUT2D eigenvalue weighted by Gasteiger charge is 2.09. The molecular weight excluding hydrogens is 421 g/mol. The summed E-state index contributed by atoms with van der Waals surface area (Å²) in [6, 6.07) is 15.0. The Balaban J connectivity index is 2.11. The molecule has 0 fully saturated rings. The quantitative estimate of drug-likeness (QED) is 0.537. The van der Waals surface area contributed by atoms with E-state index >= 15 is 0 Å². The number of rotatable bonds is 6. The van der Waals surface area contributed by atoms with Crippen LogP contribution in [0, 0.1) is 3.57 Å². The lowest BCUT2D eigenvalue weighted by Crippen LogP contribution is -2.24. The van der Waals surface area contributed by atoms with Gasteiger partial charge >= 0.3 is 5.97 Å². The summed E-state index contributed by atoms with van der Waals surface area (Å²) < 4.78 is 6.88. The average molecular weight is 437 g/mol. The van der Waals surface area contributed by atoms with Crippen molar-refractivity contribution in [1.29, 1.82) is 0 Å². The number of carbonyl (C=O) groups excluding carboxylic acids is 1. The number of halogens is 1. The summed E-state index contributed by atoms with van der Waals surface area (Å²) in [6.45, 7) is 1.68. The molecule has 124 valence electrons. The first kappa shape index (κ1) is 18.0. The highest BCUT2D eigenvalue weighted by atomic mass is 127. The number of amides is 1. The molecule has 0 atom stereocenters. The molecule has 24 heavy (non-hydrogen) atoms. The molecule has 1 amide bonds. The number of carboxylic acids is 1. The first-order chi connectivity index (χ1) is 11.4. The van der Waals surface area contributed by atoms with Crippen LogP contribution < -0.4 is 10.1 Å². The van der Waals surface area contributed by atoms with Gasteiger partial charge in [0.1, 0.15) is 18.1 Å². The summed E-state index contributed by atoms with van der Waals surface area (Å²) >= 11 is 2.24. The molecule has 0 aromatic heterocycles. The van der Waals surface area contributed by atoms with Crippen LogP contribution in [-0.2, 0) is 16.2 Å². The Bertz CT molecular complexity index is 769. The minimum atomic E-state index is -1.20. The van der Waals surface area contributed by atoms with E-state index < -0.39 is 11.9 Å².